The maximum absolute atomic E-state index is 11.9. The van der Waals surface area contributed by atoms with E-state index in [1.807, 2.05) is 48.7 Å². The molecule has 25 heavy (non-hydrogen) atoms. The Morgan fingerprint density at radius 3 is 2.64 bits per heavy atom. The lowest BCUT2D eigenvalue weighted by Crippen LogP contribution is -2.20. The maximum atomic E-state index is 11.9. The number of para-hydroxylation sites is 1. The largest absolute Gasteiger partial charge is 0.348 e. The zero-order chi connectivity index (χ0) is 17.5. The van der Waals surface area contributed by atoms with E-state index in [0.717, 1.165) is 16.8 Å². The monoisotopic (exact) mass is 328 g/mol. The second-order valence-corrected chi connectivity index (χ2v) is 5.41. The lowest BCUT2D eigenvalue weighted by atomic mass is 10.1. The summed E-state index contributed by atoms with van der Waals surface area (Å²) in [4.78, 5) is 11.9. The van der Waals surface area contributed by atoms with Gasteiger partial charge in [0, 0.05) is 24.4 Å². The molecule has 5 nitrogen and oxygen atoms in total. The third-order valence-electron chi connectivity index (χ3n) is 3.60. The summed E-state index contributed by atoms with van der Waals surface area (Å²) in [5.41, 5.74) is 3.35. The Bertz CT molecular complexity index is 918. The molecule has 3 rings (SSSR count). The van der Waals surface area contributed by atoms with Crippen LogP contribution >= 0.6 is 0 Å². The Kier molecular flexibility index (Phi) is 5.03. The van der Waals surface area contributed by atoms with E-state index in [0.29, 0.717) is 12.1 Å². The summed E-state index contributed by atoms with van der Waals surface area (Å²) in [6, 6.07) is 19.0. The second kappa shape index (κ2) is 7.75. The SMILES string of the molecule is N#Cc1ccc(CNC(=O)/C=C/c2cnn(-c3ccccc3)c2)cc1. The highest BCUT2D eigenvalue weighted by Crippen LogP contribution is 2.08. The molecule has 2 aromatic carbocycles. The number of nitrogens with zero attached hydrogens (tertiary/aromatic N) is 3. The molecule has 0 bridgehead atoms. The van der Waals surface area contributed by atoms with E-state index in [2.05, 4.69) is 16.5 Å². The number of aromatic nitrogens is 2. The Morgan fingerprint density at radius 1 is 1.16 bits per heavy atom. The van der Waals surface area contributed by atoms with Crippen molar-refractivity contribution in [2.24, 2.45) is 0 Å². The molecule has 0 saturated carbocycles. The quantitative estimate of drug-likeness (QED) is 0.732. The fourth-order valence-electron chi connectivity index (χ4n) is 2.26. The molecule has 0 saturated heterocycles. The summed E-state index contributed by atoms with van der Waals surface area (Å²) < 4.78 is 1.76. The van der Waals surface area contributed by atoms with Crippen molar-refractivity contribution >= 4 is 12.0 Å². The van der Waals surface area contributed by atoms with Crippen LogP contribution in [-0.2, 0) is 11.3 Å². The first kappa shape index (κ1) is 16.2. The lowest BCUT2D eigenvalue weighted by molar-refractivity contribution is -0.116. The van der Waals surface area contributed by atoms with E-state index in [1.54, 1.807) is 29.1 Å². The van der Waals surface area contributed by atoms with Gasteiger partial charge < -0.3 is 5.32 Å². The van der Waals surface area contributed by atoms with Crippen molar-refractivity contribution in [2.45, 2.75) is 6.54 Å². The van der Waals surface area contributed by atoms with Crippen LogP contribution in [0.2, 0.25) is 0 Å². The van der Waals surface area contributed by atoms with Crippen LogP contribution in [0.5, 0.6) is 0 Å². The van der Waals surface area contributed by atoms with E-state index >= 15 is 0 Å². The first-order valence-corrected chi connectivity index (χ1v) is 7.79. The van der Waals surface area contributed by atoms with Crippen molar-refractivity contribution in [1.82, 2.24) is 15.1 Å². The smallest absolute Gasteiger partial charge is 0.244 e. The van der Waals surface area contributed by atoms with Gasteiger partial charge in [0.1, 0.15) is 0 Å². The van der Waals surface area contributed by atoms with Gasteiger partial charge in [0.05, 0.1) is 23.5 Å². The molecule has 0 aliphatic heterocycles. The van der Waals surface area contributed by atoms with Crippen LogP contribution in [0.25, 0.3) is 11.8 Å². The molecule has 1 aromatic heterocycles. The first-order chi connectivity index (χ1) is 12.2. The molecule has 0 aliphatic carbocycles. The number of benzene rings is 2. The van der Waals surface area contributed by atoms with Crippen LogP contribution in [0, 0.1) is 11.3 Å². The van der Waals surface area contributed by atoms with Gasteiger partial charge in [-0.3, -0.25) is 4.79 Å². The zero-order valence-electron chi connectivity index (χ0n) is 13.5. The van der Waals surface area contributed by atoms with Gasteiger partial charge in [0.2, 0.25) is 5.91 Å². The van der Waals surface area contributed by atoms with E-state index in [9.17, 15) is 4.79 Å². The highest BCUT2D eigenvalue weighted by atomic mass is 16.1. The lowest BCUT2D eigenvalue weighted by Gasteiger charge is -2.02. The van der Waals surface area contributed by atoms with Crippen LogP contribution in [0.4, 0.5) is 0 Å². The first-order valence-electron chi connectivity index (χ1n) is 7.79. The van der Waals surface area contributed by atoms with Crippen LogP contribution in [0.3, 0.4) is 0 Å². The average Bonchev–Trinajstić information content (AvgIpc) is 3.15. The molecule has 0 aliphatic rings. The van der Waals surface area contributed by atoms with Crippen molar-refractivity contribution in [3.05, 3.63) is 89.8 Å². The van der Waals surface area contributed by atoms with Gasteiger partial charge in [-0.15, -0.1) is 0 Å². The Labute approximate surface area is 145 Å². The van der Waals surface area contributed by atoms with E-state index < -0.39 is 0 Å². The molecule has 122 valence electrons. The van der Waals surface area contributed by atoms with Gasteiger partial charge in [-0.1, -0.05) is 30.3 Å². The predicted octanol–water partition coefficient (Wildman–Crippen LogP) is 3.07. The van der Waals surface area contributed by atoms with Gasteiger partial charge in [-0.2, -0.15) is 10.4 Å². The maximum Gasteiger partial charge on any atom is 0.244 e. The number of carbonyl (C=O) groups excluding carboxylic acids is 1. The number of nitriles is 1. The molecule has 3 aromatic rings. The molecule has 0 unspecified atom stereocenters. The summed E-state index contributed by atoms with van der Waals surface area (Å²) in [5, 5.41) is 15.9. The molecule has 5 heteroatoms. The van der Waals surface area contributed by atoms with Crippen molar-refractivity contribution in [1.29, 1.82) is 5.26 Å². The fraction of sp³-hybridized carbons (Fsp3) is 0.0500. The van der Waals surface area contributed by atoms with Gasteiger partial charge in [-0.05, 0) is 35.9 Å². The summed E-state index contributed by atoms with van der Waals surface area (Å²) in [6.45, 7) is 0.415. The Morgan fingerprint density at radius 2 is 1.92 bits per heavy atom. The van der Waals surface area contributed by atoms with Crippen molar-refractivity contribution in [3.63, 3.8) is 0 Å². The number of rotatable bonds is 5. The van der Waals surface area contributed by atoms with Gasteiger partial charge >= 0.3 is 0 Å². The number of hydrogen-bond donors (Lipinski definition) is 1. The summed E-state index contributed by atoms with van der Waals surface area (Å²) in [7, 11) is 0. The minimum atomic E-state index is -0.183. The fourth-order valence-corrected chi connectivity index (χ4v) is 2.26. The summed E-state index contributed by atoms with van der Waals surface area (Å²) >= 11 is 0. The molecule has 0 fully saturated rings. The third kappa shape index (κ3) is 4.43. The van der Waals surface area contributed by atoms with E-state index in [1.165, 1.54) is 6.08 Å². The number of hydrogen-bond acceptors (Lipinski definition) is 3. The zero-order valence-corrected chi connectivity index (χ0v) is 13.5. The Balaban J connectivity index is 1.55. The molecule has 0 radical (unpaired) electrons. The van der Waals surface area contributed by atoms with Gasteiger partial charge in [-0.25, -0.2) is 4.68 Å². The topological polar surface area (TPSA) is 70.7 Å². The number of nitrogens with one attached hydrogen (secondary N) is 1. The predicted molar refractivity (Wildman–Crippen MR) is 95.6 cm³/mol. The molecule has 1 amide bonds. The van der Waals surface area contributed by atoms with Crippen molar-refractivity contribution < 1.29 is 4.79 Å². The van der Waals surface area contributed by atoms with Crippen LogP contribution in [0.1, 0.15) is 16.7 Å². The average molecular weight is 328 g/mol. The minimum absolute atomic E-state index is 0.183. The highest BCUT2D eigenvalue weighted by Gasteiger charge is 2.00. The highest BCUT2D eigenvalue weighted by molar-refractivity contribution is 5.91. The second-order valence-electron chi connectivity index (χ2n) is 5.41. The van der Waals surface area contributed by atoms with E-state index in [-0.39, 0.29) is 5.91 Å². The standard InChI is InChI=1S/C20H16N4O/c21-12-16-6-8-17(9-7-16)13-22-20(25)11-10-18-14-23-24(15-18)19-4-2-1-3-5-19/h1-11,14-15H,13H2,(H,22,25)/b11-10+. The molecular formula is C20H16N4O. The van der Waals surface area contributed by atoms with Crippen LogP contribution in [-0.4, -0.2) is 15.7 Å². The number of carbonyl (C=O) groups is 1. The number of amides is 1. The van der Waals surface area contributed by atoms with Crippen molar-refractivity contribution in [3.8, 4) is 11.8 Å². The molecular weight excluding hydrogens is 312 g/mol. The summed E-state index contributed by atoms with van der Waals surface area (Å²) in [5.74, 6) is -0.183. The Hall–Kier alpha value is -3.65. The molecule has 1 N–H and O–H groups in total. The van der Waals surface area contributed by atoms with Crippen LogP contribution < -0.4 is 5.32 Å². The minimum Gasteiger partial charge on any atom is -0.348 e. The van der Waals surface area contributed by atoms with E-state index in [4.69, 9.17) is 5.26 Å². The molecule has 1 heterocycles. The van der Waals surface area contributed by atoms with Gasteiger partial charge in [0.25, 0.3) is 0 Å². The van der Waals surface area contributed by atoms with Crippen LogP contribution in [0.15, 0.2) is 73.1 Å². The molecule has 0 spiro atoms. The van der Waals surface area contributed by atoms with Crippen molar-refractivity contribution in [2.75, 3.05) is 0 Å². The van der Waals surface area contributed by atoms with Gasteiger partial charge in [0.15, 0.2) is 0 Å². The summed E-state index contributed by atoms with van der Waals surface area (Å²) in [6.07, 6.45) is 6.77. The third-order valence-corrected chi connectivity index (χ3v) is 3.60. The normalized spacial score (nSPS) is 10.5. The molecule has 0 atom stereocenters.